The number of aryl methyl sites for hydroxylation is 1. The van der Waals surface area contributed by atoms with Crippen LogP contribution in [0.25, 0.3) is 16.9 Å². The molecule has 2 aromatic carbocycles. The van der Waals surface area contributed by atoms with Crippen molar-refractivity contribution in [3.63, 3.8) is 0 Å². The Morgan fingerprint density at radius 2 is 1.77 bits per heavy atom. The second-order valence-corrected chi connectivity index (χ2v) is 12.1. The molecule has 0 radical (unpaired) electrons. The smallest absolute Gasteiger partial charge is 0.259 e. The van der Waals surface area contributed by atoms with Gasteiger partial charge in [0.15, 0.2) is 5.75 Å². The number of benzene rings is 2. The van der Waals surface area contributed by atoms with E-state index in [0.29, 0.717) is 22.8 Å². The molecule has 12 heteroatoms. The largest absolute Gasteiger partial charge is 0.495 e. The summed E-state index contributed by atoms with van der Waals surface area (Å²) < 4.78 is 38.9. The maximum Gasteiger partial charge on any atom is 0.259 e. The summed E-state index contributed by atoms with van der Waals surface area (Å²) in [6, 6.07) is 10.6. The van der Waals surface area contributed by atoms with Crippen molar-refractivity contribution in [3.05, 3.63) is 71.7 Å². The van der Waals surface area contributed by atoms with E-state index in [2.05, 4.69) is 25.3 Å². The molecule has 1 amide bonds. The highest BCUT2D eigenvalue weighted by atomic mass is 32.2. The standard InChI is InChI=1S/C28H32N6O5S/c1-17-8-9-20(13-25(17)34-16-24(31-33-34)18-10-21(38-5)15-29-14-18)30-27(35)22-11-19(28(2,3)4)12-23(26(22)39-6)32-40(7,36)37/h8-16,32H,1-7H3,(H,30,35). The molecule has 40 heavy (non-hydrogen) atoms. The van der Waals surface area contributed by atoms with Gasteiger partial charge in [0, 0.05) is 17.4 Å². The zero-order valence-corrected chi connectivity index (χ0v) is 24.3. The van der Waals surface area contributed by atoms with Crippen molar-refractivity contribution in [2.24, 2.45) is 0 Å². The molecule has 0 saturated heterocycles. The number of nitrogens with one attached hydrogen (secondary N) is 2. The number of hydrogen-bond acceptors (Lipinski definition) is 8. The quantitative estimate of drug-likeness (QED) is 0.317. The van der Waals surface area contributed by atoms with Crippen LogP contribution in [0.2, 0.25) is 0 Å². The molecule has 2 N–H and O–H groups in total. The second kappa shape index (κ2) is 11.0. The van der Waals surface area contributed by atoms with Gasteiger partial charge >= 0.3 is 0 Å². The first-order valence-corrected chi connectivity index (χ1v) is 14.2. The number of aromatic nitrogens is 4. The minimum absolute atomic E-state index is 0.121. The van der Waals surface area contributed by atoms with E-state index in [1.807, 2.05) is 39.8 Å². The first-order valence-electron chi connectivity index (χ1n) is 12.3. The number of methoxy groups -OCH3 is 2. The van der Waals surface area contributed by atoms with Crippen molar-refractivity contribution < 1.29 is 22.7 Å². The van der Waals surface area contributed by atoms with Crippen molar-refractivity contribution in [1.82, 2.24) is 20.0 Å². The van der Waals surface area contributed by atoms with Crippen LogP contribution in [0.15, 0.2) is 55.0 Å². The lowest BCUT2D eigenvalue weighted by molar-refractivity contribution is 0.102. The lowest BCUT2D eigenvalue weighted by Gasteiger charge is -2.23. The molecule has 0 aliphatic carbocycles. The predicted octanol–water partition coefficient (Wildman–Crippen LogP) is 4.58. The predicted molar refractivity (Wildman–Crippen MR) is 154 cm³/mol. The molecule has 210 valence electrons. The monoisotopic (exact) mass is 564 g/mol. The Balaban J connectivity index is 1.69. The van der Waals surface area contributed by atoms with E-state index in [9.17, 15) is 13.2 Å². The average Bonchev–Trinajstić information content (AvgIpc) is 3.38. The summed E-state index contributed by atoms with van der Waals surface area (Å²) in [6.45, 7) is 7.84. The Morgan fingerprint density at radius 1 is 1.02 bits per heavy atom. The first kappa shape index (κ1) is 28.6. The Kier molecular flexibility index (Phi) is 7.83. The fourth-order valence-electron chi connectivity index (χ4n) is 4.04. The summed E-state index contributed by atoms with van der Waals surface area (Å²) >= 11 is 0. The van der Waals surface area contributed by atoms with Gasteiger partial charge < -0.3 is 14.8 Å². The zero-order chi connectivity index (χ0) is 29.2. The van der Waals surface area contributed by atoms with E-state index in [0.717, 1.165) is 22.9 Å². The second-order valence-electron chi connectivity index (χ2n) is 10.3. The van der Waals surface area contributed by atoms with Crippen LogP contribution in [-0.2, 0) is 15.4 Å². The molecule has 0 aliphatic heterocycles. The number of nitrogens with zero attached hydrogens (tertiary/aromatic N) is 4. The van der Waals surface area contributed by atoms with Crippen LogP contribution in [0, 0.1) is 6.92 Å². The molecule has 0 bridgehead atoms. The summed E-state index contributed by atoms with van der Waals surface area (Å²) in [4.78, 5) is 17.7. The molecule has 0 unspecified atom stereocenters. The SMILES string of the molecule is COc1cncc(-c2cn(-c3cc(NC(=O)c4cc(C(C)(C)C)cc(NS(C)(=O)=O)c4OC)ccc3C)nn2)c1. The Morgan fingerprint density at radius 3 is 2.42 bits per heavy atom. The van der Waals surface area contributed by atoms with Gasteiger partial charge in [0.25, 0.3) is 5.91 Å². The van der Waals surface area contributed by atoms with E-state index in [1.165, 1.54) is 7.11 Å². The first-order chi connectivity index (χ1) is 18.8. The molecule has 11 nitrogen and oxygen atoms in total. The molecule has 2 aromatic heterocycles. The molecule has 0 fully saturated rings. The number of amides is 1. The number of hydrogen-bond donors (Lipinski definition) is 2. The van der Waals surface area contributed by atoms with Crippen molar-refractivity contribution in [1.29, 1.82) is 0 Å². The number of carbonyl (C=O) groups is 1. The highest BCUT2D eigenvalue weighted by Gasteiger charge is 2.24. The van der Waals surface area contributed by atoms with E-state index in [1.54, 1.807) is 54.6 Å². The van der Waals surface area contributed by atoms with Crippen LogP contribution < -0.4 is 19.5 Å². The molecule has 0 saturated carbocycles. The summed E-state index contributed by atoms with van der Waals surface area (Å²) in [5.74, 6) is 0.265. The Bertz CT molecular complexity index is 1670. The molecule has 2 heterocycles. The zero-order valence-electron chi connectivity index (χ0n) is 23.4. The van der Waals surface area contributed by atoms with Gasteiger partial charge in [-0.1, -0.05) is 32.1 Å². The van der Waals surface area contributed by atoms with Gasteiger partial charge in [-0.3, -0.25) is 14.5 Å². The van der Waals surface area contributed by atoms with Gasteiger partial charge in [0.2, 0.25) is 10.0 Å². The summed E-state index contributed by atoms with van der Waals surface area (Å²) in [5, 5.41) is 11.4. The topological polar surface area (TPSA) is 137 Å². The van der Waals surface area contributed by atoms with E-state index >= 15 is 0 Å². The summed E-state index contributed by atoms with van der Waals surface area (Å²) in [5.41, 5.74) is 4.25. The molecule has 4 rings (SSSR count). The van der Waals surface area contributed by atoms with Crippen LogP contribution >= 0.6 is 0 Å². The van der Waals surface area contributed by atoms with Crippen LogP contribution in [-0.4, -0.2) is 54.8 Å². The van der Waals surface area contributed by atoms with Crippen LogP contribution in [0.1, 0.15) is 42.3 Å². The van der Waals surface area contributed by atoms with Crippen LogP contribution in [0.3, 0.4) is 0 Å². The van der Waals surface area contributed by atoms with Crippen molar-refractivity contribution >= 4 is 27.3 Å². The minimum atomic E-state index is -3.62. The molecular weight excluding hydrogens is 532 g/mol. The molecular formula is C28H32N6O5S. The molecule has 0 atom stereocenters. The van der Waals surface area contributed by atoms with Gasteiger partial charge in [0.05, 0.1) is 49.8 Å². The lowest BCUT2D eigenvalue weighted by atomic mass is 9.85. The van der Waals surface area contributed by atoms with Crippen LogP contribution in [0.4, 0.5) is 11.4 Å². The van der Waals surface area contributed by atoms with E-state index < -0.39 is 15.9 Å². The normalized spacial score (nSPS) is 11.7. The van der Waals surface area contributed by atoms with Gasteiger partial charge in [-0.2, -0.15) is 0 Å². The van der Waals surface area contributed by atoms with E-state index in [-0.39, 0.29) is 22.4 Å². The summed E-state index contributed by atoms with van der Waals surface area (Å²) in [7, 11) is -0.667. The van der Waals surface area contributed by atoms with Crippen molar-refractivity contribution in [2.75, 3.05) is 30.5 Å². The maximum atomic E-state index is 13.6. The highest BCUT2D eigenvalue weighted by Crippen LogP contribution is 2.36. The van der Waals surface area contributed by atoms with Crippen molar-refractivity contribution in [3.8, 4) is 28.4 Å². The van der Waals surface area contributed by atoms with Gasteiger partial charge in [-0.25, -0.2) is 13.1 Å². The van der Waals surface area contributed by atoms with Gasteiger partial charge in [-0.15, -0.1) is 5.10 Å². The third-order valence-corrected chi connectivity index (χ3v) is 6.74. The highest BCUT2D eigenvalue weighted by molar-refractivity contribution is 7.92. The summed E-state index contributed by atoms with van der Waals surface area (Å²) in [6.07, 6.45) is 6.09. The van der Waals surface area contributed by atoms with Gasteiger partial charge in [-0.05, 0) is 53.8 Å². The minimum Gasteiger partial charge on any atom is -0.495 e. The number of ether oxygens (including phenoxy) is 2. The fourth-order valence-corrected chi connectivity index (χ4v) is 4.59. The van der Waals surface area contributed by atoms with Crippen LogP contribution in [0.5, 0.6) is 11.5 Å². The maximum absolute atomic E-state index is 13.6. The number of rotatable bonds is 8. The number of anilines is 2. The van der Waals surface area contributed by atoms with Gasteiger partial charge in [0.1, 0.15) is 11.4 Å². The third kappa shape index (κ3) is 6.40. The molecule has 0 aliphatic rings. The molecule has 0 spiro atoms. The van der Waals surface area contributed by atoms with E-state index in [4.69, 9.17) is 9.47 Å². The Labute approximate surface area is 233 Å². The number of pyridine rings is 1. The van der Waals surface area contributed by atoms with Crippen molar-refractivity contribution in [2.45, 2.75) is 33.1 Å². The lowest BCUT2D eigenvalue weighted by Crippen LogP contribution is -2.20. The number of carbonyl (C=O) groups excluding carboxylic acids is 1. The average molecular weight is 565 g/mol. The third-order valence-electron chi connectivity index (χ3n) is 6.15. The fraction of sp³-hybridized carbons (Fsp3) is 0.286. The molecule has 4 aromatic rings. The Hall–Kier alpha value is -4.45. The number of sulfonamides is 1.